The molecule has 0 spiro atoms. The second-order valence-electron chi connectivity index (χ2n) is 5.03. The molecule has 0 amide bonds. The van der Waals surface area contributed by atoms with Crippen LogP contribution in [-0.2, 0) is 0 Å². The Hall–Kier alpha value is -1.95. The Labute approximate surface area is 147 Å². The summed E-state index contributed by atoms with van der Waals surface area (Å²) < 4.78 is 5.89. The molecule has 0 atom stereocenters. The Bertz CT molecular complexity index is 958. The van der Waals surface area contributed by atoms with Crippen LogP contribution in [0, 0.1) is 0 Å². The van der Waals surface area contributed by atoms with Gasteiger partial charge in [-0.3, -0.25) is 4.79 Å². The van der Waals surface area contributed by atoms with E-state index in [4.69, 9.17) is 4.42 Å². The molecule has 0 fully saturated rings. The zero-order valence-corrected chi connectivity index (χ0v) is 17.4. The molecule has 2 nitrogen and oxygen atoms in total. The molecule has 3 heteroatoms. The van der Waals surface area contributed by atoms with E-state index in [0.717, 1.165) is 27.7 Å². The van der Waals surface area contributed by atoms with E-state index >= 15 is 0 Å². The van der Waals surface area contributed by atoms with Crippen LogP contribution in [0.25, 0.3) is 33.4 Å². The summed E-state index contributed by atoms with van der Waals surface area (Å²) in [4.78, 5) is 12.0. The minimum atomic E-state index is -0.0413. The normalized spacial score (nSPS) is 10.5. The van der Waals surface area contributed by atoms with Gasteiger partial charge in [-0.15, -0.1) is 0 Å². The van der Waals surface area contributed by atoms with Crippen molar-refractivity contribution in [2.75, 3.05) is 0 Å². The standard InChI is InChI=1S/C19H12O2.Pb.2H/c20-15-11-16(13-6-2-1-3-7-13)17-10-14-8-4-5-9-18(14)21-19(17)12-15;;;/h1-12H;;;. The van der Waals surface area contributed by atoms with Gasteiger partial charge in [0.05, 0.1) is 0 Å². The van der Waals surface area contributed by atoms with Gasteiger partial charge in [0.1, 0.15) is 11.3 Å². The molecule has 2 aromatic rings. The molecule has 22 heavy (non-hydrogen) atoms. The number of hydrogen-bond donors (Lipinski definition) is 0. The monoisotopic (exact) mass is 482 g/mol. The summed E-state index contributed by atoms with van der Waals surface area (Å²) in [5.41, 5.74) is 3.63. The van der Waals surface area contributed by atoms with E-state index in [-0.39, 0.29) is 32.7 Å². The van der Waals surface area contributed by atoms with Crippen LogP contribution in [0.5, 0.6) is 0 Å². The first-order valence-corrected chi connectivity index (χ1v) is 6.83. The van der Waals surface area contributed by atoms with E-state index in [1.165, 1.54) is 0 Å². The van der Waals surface area contributed by atoms with Crippen molar-refractivity contribution in [1.29, 1.82) is 0 Å². The predicted molar refractivity (Wildman–Crippen MR) is 93.1 cm³/mol. The maximum absolute atomic E-state index is 12.0. The fraction of sp³-hybridized carbons (Fsp3) is 0. The van der Waals surface area contributed by atoms with E-state index in [1.807, 2.05) is 54.6 Å². The topological polar surface area (TPSA) is 30.2 Å². The van der Waals surface area contributed by atoms with Crippen molar-refractivity contribution in [2.24, 2.45) is 0 Å². The summed E-state index contributed by atoms with van der Waals surface area (Å²) >= 11 is 0. The molecule has 2 aromatic carbocycles. The molecule has 1 heterocycles. The zero-order valence-electron chi connectivity index (χ0n) is 12.0. The molecular formula is C19H14O2Pb. The van der Waals surface area contributed by atoms with Crippen LogP contribution in [0.2, 0.25) is 0 Å². The Kier molecular flexibility index (Phi) is 4.11. The fourth-order valence-corrected chi connectivity index (χ4v) is 2.66. The third kappa shape index (κ3) is 2.59. The predicted octanol–water partition coefficient (Wildman–Crippen LogP) is 3.65. The first kappa shape index (κ1) is 15.0. The van der Waals surface area contributed by atoms with Crippen LogP contribution in [-0.4, -0.2) is 27.3 Å². The van der Waals surface area contributed by atoms with Crippen molar-refractivity contribution >= 4 is 38.3 Å². The van der Waals surface area contributed by atoms with Gasteiger partial charge in [0.2, 0.25) is 0 Å². The summed E-state index contributed by atoms with van der Waals surface area (Å²) in [6.45, 7) is 0. The zero-order chi connectivity index (χ0) is 14.2. The molecule has 106 valence electrons. The van der Waals surface area contributed by atoms with E-state index in [0.29, 0.717) is 5.76 Å². The summed E-state index contributed by atoms with van der Waals surface area (Å²) in [7, 11) is 0. The van der Waals surface area contributed by atoms with Crippen LogP contribution in [0.1, 0.15) is 0 Å². The first-order chi connectivity index (χ1) is 10.3. The van der Waals surface area contributed by atoms with Crippen molar-refractivity contribution in [1.82, 2.24) is 0 Å². The molecule has 0 N–H and O–H groups in total. The van der Waals surface area contributed by atoms with Crippen molar-refractivity contribution in [2.45, 2.75) is 0 Å². The van der Waals surface area contributed by atoms with E-state index in [2.05, 4.69) is 6.07 Å². The van der Waals surface area contributed by atoms with Gasteiger partial charge in [-0.25, -0.2) is 0 Å². The summed E-state index contributed by atoms with van der Waals surface area (Å²) in [6.07, 6.45) is 0. The van der Waals surface area contributed by atoms with Crippen LogP contribution < -0.4 is 5.43 Å². The molecule has 0 unspecified atom stereocenters. The molecular weight excluding hydrogens is 467 g/mol. The average molecular weight is 482 g/mol. The third-order valence-electron chi connectivity index (χ3n) is 3.64. The quantitative estimate of drug-likeness (QED) is 0.307. The number of benzene rings is 3. The van der Waals surface area contributed by atoms with Gasteiger partial charge in [-0.2, -0.15) is 0 Å². The van der Waals surface area contributed by atoms with Gasteiger partial charge in [-0.05, 0) is 29.3 Å². The Morgan fingerprint density at radius 3 is 2.27 bits per heavy atom. The van der Waals surface area contributed by atoms with Crippen molar-refractivity contribution in [3.63, 3.8) is 0 Å². The molecule has 2 radical (unpaired) electrons. The van der Waals surface area contributed by atoms with Crippen LogP contribution in [0.3, 0.4) is 0 Å². The Morgan fingerprint density at radius 1 is 0.727 bits per heavy atom. The van der Waals surface area contributed by atoms with Crippen LogP contribution >= 0.6 is 0 Å². The van der Waals surface area contributed by atoms with Crippen LogP contribution in [0.4, 0.5) is 0 Å². The van der Waals surface area contributed by atoms with Gasteiger partial charge < -0.3 is 4.42 Å². The molecule has 0 bridgehead atoms. The number of para-hydroxylation sites is 1. The summed E-state index contributed by atoms with van der Waals surface area (Å²) in [5.74, 6) is 0.625. The molecule has 0 aromatic heterocycles. The second kappa shape index (κ2) is 6.04. The summed E-state index contributed by atoms with van der Waals surface area (Å²) in [5, 5.41) is 1.03. The van der Waals surface area contributed by atoms with E-state index in [1.54, 1.807) is 12.1 Å². The molecule has 4 rings (SSSR count). The van der Waals surface area contributed by atoms with Gasteiger partial charge in [0.25, 0.3) is 0 Å². The molecule has 2 aliphatic rings. The number of fused-ring (bicyclic) bond motifs is 2. The van der Waals surface area contributed by atoms with Crippen molar-refractivity contribution in [3.8, 4) is 22.5 Å². The number of hydrogen-bond acceptors (Lipinski definition) is 2. The van der Waals surface area contributed by atoms with Crippen molar-refractivity contribution < 1.29 is 4.42 Å². The summed E-state index contributed by atoms with van der Waals surface area (Å²) in [6, 6.07) is 23.0. The molecule has 1 aliphatic carbocycles. The Balaban J connectivity index is 0.00000144. The molecule has 0 saturated carbocycles. The number of rotatable bonds is 1. The van der Waals surface area contributed by atoms with E-state index in [9.17, 15) is 4.79 Å². The second-order valence-corrected chi connectivity index (χ2v) is 5.03. The van der Waals surface area contributed by atoms with Crippen LogP contribution in [0.15, 0.2) is 82.0 Å². The minimum absolute atomic E-state index is 0. The van der Waals surface area contributed by atoms with Crippen molar-refractivity contribution in [3.05, 3.63) is 83.0 Å². The molecule has 1 aliphatic heterocycles. The average Bonchev–Trinajstić information content (AvgIpc) is 2.53. The fourth-order valence-electron chi connectivity index (χ4n) is 2.66. The van der Waals surface area contributed by atoms with Gasteiger partial charge >= 0.3 is 27.3 Å². The first-order valence-electron chi connectivity index (χ1n) is 6.83. The molecule has 0 saturated heterocycles. The van der Waals surface area contributed by atoms with Gasteiger partial charge in [-0.1, -0.05) is 48.5 Å². The van der Waals surface area contributed by atoms with Gasteiger partial charge in [0.15, 0.2) is 5.43 Å². The third-order valence-corrected chi connectivity index (χ3v) is 3.64. The van der Waals surface area contributed by atoms with Gasteiger partial charge in [0, 0.05) is 17.0 Å². The SMILES string of the molecule is O=c1cc2oc3ccccc3cc-2c(-c2ccccc2)c1.[PbH2]. The Morgan fingerprint density at radius 2 is 1.45 bits per heavy atom. The van der Waals surface area contributed by atoms with E-state index < -0.39 is 0 Å². The maximum atomic E-state index is 12.0.